The van der Waals surface area contributed by atoms with E-state index in [9.17, 15) is 9.18 Å². The van der Waals surface area contributed by atoms with Crippen LogP contribution in [0.4, 0.5) is 4.39 Å². The molecule has 0 saturated heterocycles. The van der Waals surface area contributed by atoms with Crippen LogP contribution >= 0.6 is 0 Å². The number of allylic oxidation sites excluding steroid dienone is 2. The highest BCUT2D eigenvalue weighted by atomic mass is 19.1. The number of amides is 1. The van der Waals surface area contributed by atoms with Crippen LogP contribution in [-0.2, 0) is 4.79 Å². The molecule has 1 heterocycles. The average molecular weight is 297 g/mol. The maximum atomic E-state index is 13.5. The van der Waals surface area contributed by atoms with Crippen molar-refractivity contribution in [1.82, 2.24) is 10.3 Å². The molecule has 0 saturated carbocycles. The van der Waals surface area contributed by atoms with Gasteiger partial charge in [0.15, 0.2) is 0 Å². The third-order valence-electron chi connectivity index (χ3n) is 2.86. The van der Waals surface area contributed by atoms with Crippen LogP contribution in [0.15, 0.2) is 61.0 Å². The van der Waals surface area contributed by atoms with E-state index in [4.69, 9.17) is 5.26 Å². The van der Waals surface area contributed by atoms with Crippen LogP contribution in [-0.4, -0.2) is 16.9 Å². The molecular weight excluding hydrogens is 281 g/mol. The second kappa shape index (κ2) is 8.32. The third kappa shape index (κ3) is 4.53. The zero-order valence-electron chi connectivity index (χ0n) is 12.2. The van der Waals surface area contributed by atoms with Crippen molar-refractivity contribution in [3.05, 3.63) is 72.4 Å². The fourth-order valence-electron chi connectivity index (χ4n) is 1.69. The van der Waals surface area contributed by atoms with Crippen LogP contribution < -0.4 is 5.32 Å². The van der Waals surface area contributed by atoms with E-state index in [1.165, 1.54) is 18.3 Å². The molecule has 1 aromatic heterocycles. The van der Waals surface area contributed by atoms with Crippen molar-refractivity contribution >= 4 is 12.0 Å². The molecule has 1 amide bonds. The van der Waals surface area contributed by atoms with Crippen molar-refractivity contribution in [3.63, 3.8) is 0 Å². The van der Waals surface area contributed by atoms with E-state index in [0.29, 0.717) is 0 Å². The molecule has 1 N–H and O–H groups in total. The first kappa shape index (κ1) is 17.1. The Labute approximate surface area is 129 Å². The highest BCUT2D eigenvalue weighted by Gasteiger charge is 2.14. The number of nitriles is 1. The molecule has 5 heteroatoms. The molecule has 0 bridgehead atoms. The third-order valence-corrected chi connectivity index (χ3v) is 2.86. The summed E-state index contributed by atoms with van der Waals surface area (Å²) >= 11 is 0. The Hall–Kier alpha value is -3.00. The van der Waals surface area contributed by atoms with Gasteiger partial charge in [0.05, 0.1) is 12.2 Å². The molecule has 0 spiro atoms. The summed E-state index contributed by atoms with van der Waals surface area (Å²) in [5.41, 5.74) is 0.676. The molecule has 0 aliphatic carbocycles. The lowest BCUT2D eigenvalue weighted by atomic mass is 10.1. The second-order valence-corrected chi connectivity index (χ2v) is 4.37. The molecule has 0 radical (unpaired) electrons. The van der Waals surface area contributed by atoms with E-state index in [2.05, 4.69) is 23.5 Å². The smallest absolute Gasteiger partial charge is 0.262 e. The van der Waals surface area contributed by atoms with Gasteiger partial charge in [0, 0.05) is 11.8 Å². The van der Waals surface area contributed by atoms with Gasteiger partial charge in [0.2, 0.25) is 0 Å². The predicted octanol–water partition coefficient (Wildman–Crippen LogP) is 2.93. The van der Waals surface area contributed by atoms with Gasteiger partial charge in [-0.05, 0) is 24.6 Å². The van der Waals surface area contributed by atoms with Crippen molar-refractivity contribution in [2.24, 2.45) is 0 Å². The molecule has 1 rings (SSSR count). The van der Waals surface area contributed by atoms with E-state index in [1.54, 1.807) is 31.2 Å². The first-order valence-electron chi connectivity index (χ1n) is 6.50. The number of pyridine rings is 1. The molecule has 1 atom stereocenters. The number of nitrogens with one attached hydrogen (secondary N) is 1. The lowest BCUT2D eigenvalue weighted by molar-refractivity contribution is -0.117. The van der Waals surface area contributed by atoms with Crippen molar-refractivity contribution in [3.8, 4) is 6.07 Å². The number of aromatic nitrogens is 1. The molecule has 0 aliphatic rings. The first-order chi connectivity index (χ1) is 10.5. The summed E-state index contributed by atoms with van der Waals surface area (Å²) in [5, 5.41) is 11.7. The van der Waals surface area contributed by atoms with Crippen molar-refractivity contribution in [1.29, 1.82) is 5.26 Å². The van der Waals surface area contributed by atoms with Gasteiger partial charge in [-0.2, -0.15) is 5.26 Å². The quantitative estimate of drug-likeness (QED) is 0.499. The molecule has 0 fully saturated rings. The highest BCUT2D eigenvalue weighted by Crippen LogP contribution is 2.11. The molecule has 0 aromatic carbocycles. The number of carbonyl (C=O) groups is 1. The summed E-state index contributed by atoms with van der Waals surface area (Å²) in [6.07, 6.45) is 8.45. The Balaban J connectivity index is 2.97. The van der Waals surface area contributed by atoms with Crippen molar-refractivity contribution in [2.45, 2.75) is 13.0 Å². The Kier molecular flexibility index (Phi) is 6.45. The molecule has 0 aliphatic heterocycles. The van der Waals surface area contributed by atoms with E-state index < -0.39 is 11.7 Å². The predicted molar refractivity (Wildman–Crippen MR) is 83.9 cm³/mol. The van der Waals surface area contributed by atoms with Crippen LogP contribution in [0.3, 0.4) is 0 Å². The molecule has 0 unspecified atom stereocenters. The summed E-state index contributed by atoms with van der Waals surface area (Å²) in [5.74, 6) is -1.20. The standard InChI is InChI=1S/C17H16FN3O/c1-4-6-13(5-2)12(3)21-17(22)15(10-19)9-14-7-8-20-11-16(14)18/h4-9,11-12H,1-2H2,3H3,(H,21,22)/b13-6+,15-9+/t12-/m0/s1. The normalized spacial score (nSPS) is 13.0. The van der Waals surface area contributed by atoms with E-state index in [0.717, 1.165) is 11.8 Å². The fraction of sp³-hybridized carbons (Fsp3) is 0.118. The van der Waals surface area contributed by atoms with E-state index in [-0.39, 0.29) is 17.2 Å². The Morgan fingerprint density at radius 2 is 2.27 bits per heavy atom. The summed E-state index contributed by atoms with van der Waals surface area (Å²) in [7, 11) is 0. The topological polar surface area (TPSA) is 65.8 Å². The number of rotatable bonds is 6. The Morgan fingerprint density at radius 1 is 1.55 bits per heavy atom. The lowest BCUT2D eigenvalue weighted by Gasteiger charge is -2.14. The number of carbonyl (C=O) groups excluding carboxylic acids is 1. The summed E-state index contributed by atoms with van der Waals surface area (Å²) < 4.78 is 13.5. The zero-order valence-corrected chi connectivity index (χ0v) is 12.2. The molecule has 22 heavy (non-hydrogen) atoms. The van der Waals surface area contributed by atoms with Gasteiger partial charge < -0.3 is 5.32 Å². The minimum absolute atomic E-state index is 0.125. The Bertz CT molecular complexity index is 683. The van der Waals surface area contributed by atoms with E-state index >= 15 is 0 Å². The number of hydrogen-bond donors (Lipinski definition) is 1. The summed E-state index contributed by atoms with van der Waals surface area (Å²) in [6, 6.07) is 2.79. The van der Waals surface area contributed by atoms with E-state index in [1.807, 2.05) is 0 Å². The average Bonchev–Trinajstić information content (AvgIpc) is 2.51. The number of nitrogens with zero attached hydrogens (tertiary/aromatic N) is 2. The van der Waals surface area contributed by atoms with Gasteiger partial charge in [0.25, 0.3) is 5.91 Å². The van der Waals surface area contributed by atoms with Crippen LogP contribution in [0.5, 0.6) is 0 Å². The SMILES string of the molecule is C=C/C=C(\C=C)[C@H](C)NC(=O)/C(C#N)=C/c1ccncc1F. The van der Waals surface area contributed by atoms with Crippen LogP contribution in [0.25, 0.3) is 6.08 Å². The monoisotopic (exact) mass is 297 g/mol. The second-order valence-electron chi connectivity index (χ2n) is 4.37. The highest BCUT2D eigenvalue weighted by molar-refractivity contribution is 6.02. The molecule has 1 aromatic rings. The largest absolute Gasteiger partial charge is 0.345 e. The van der Waals surface area contributed by atoms with Crippen molar-refractivity contribution in [2.75, 3.05) is 0 Å². The molecule has 4 nitrogen and oxygen atoms in total. The van der Waals surface area contributed by atoms with Gasteiger partial charge in [-0.1, -0.05) is 31.4 Å². The molecule has 112 valence electrons. The maximum Gasteiger partial charge on any atom is 0.262 e. The van der Waals surface area contributed by atoms with Gasteiger partial charge in [-0.3, -0.25) is 9.78 Å². The van der Waals surface area contributed by atoms with Crippen LogP contribution in [0, 0.1) is 17.1 Å². The number of halogens is 1. The minimum Gasteiger partial charge on any atom is -0.345 e. The zero-order chi connectivity index (χ0) is 16.5. The van der Waals surface area contributed by atoms with Gasteiger partial charge >= 0.3 is 0 Å². The summed E-state index contributed by atoms with van der Waals surface area (Å²) in [4.78, 5) is 15.7. The van der Waals surface area contributed by atoms with Crippen LogP contribution in [0.2, 0.25) is 0 Å². The fourth-order valence-corrected chi connectivity index (χ4v) is 1.69. The maximum absolute atomic E-state index is 13.5. The van der Waals surface area contributed by atoms with Gasteiger partial charge in [0.1, 0.15) is 17.5 Å². The summed E-state index contributed by atoms with van der Waals surface area (Å²) in [6.45, 7) is 8.97. The molecular formula is C17H16FN3O. The van der Waals surface area contributed by atoms with Gasteiger partial charge in [-0.15, -0.1) is 0 Å². The first-order valence-corrected chi connectivity index (χ1v) is 6.50. The minimum atomic E-state index is -0.602. The lowest BCUT2D eigenvalue weighted by Crippen LogP contribution is -2.34. The van der Waals surface area contributed by atoms with Crippen LogP contribution in [0.1, 0.15) is 12.5 Å². The van der Waals surface area contributed by atoms with Gasteiger partial charge in [-0.25, -0.2) is 4.39 Å². The number of hydrogen-bond acceptors (Lipinski definition) is 3. The van der Waals surface area contributed by atoms with Crippen molar-refractivity contribution < 1.29 is 9.18 Å². The Morgan fingerprint density at radius 3 is 2.82 bits per heavy atom.